The van der Waals surface area contributed by atoms with Gasteiger partial charge < -0.3 is 10.1 Å². The Morgan fingerprint density at radius 3 is 2.66 bits per heavy atom. The Morgan fingerprint density at radius 2 is 1.86 bits per heavy atom. The van der Waals surface area contributed by atoms with Crippen molar-refractivity contribution in [3.63, 3.8) is 0 Å². The third kappa shape index (κ3) is 5.16. The summed E-state index contributed by atoms with van der Waals surface area (Å²) in [6, 6.07) is 23.1. The minimum Gasteiger partial charge on any atom is -0.493 e. The van der Waals surface area contributed by atoms with E-state index in [1.807, 2.05) is 60.7 Å². The average Bonchev–Trinajstić information content (AvgIpc) is 3.15. The van der Waals surface area contributed by atoms with Gasteiger partial charge in [0.05, 0.1) is 16.8 Å². The highest BCUT2D eigenvalue weighted by Crippen LogP contribution is 2.31. The largest absolute Gasteiger partial charge is 0.493 e. The van der Waals surface area contributed by atoms with E-state index in [1.54, 1.807) is 35.2 Å². The number of hydrogen-bond donors (Lipinski definition) is 1. The van der Waals surface area contributed by atoms with Crippen LogP contribution in [0.4, 0.5) is 5.69 Å². The van der Waals surface area contributed by atoms with Gasteiger partial charge in [0.1, 0.15) is 5.75 Å². The van der Waals surface area contributed by atoms with Gasteiger partial charge >= 0.3 is 0 Å². The fourth-order valence-electron chi connectivity index (χ4n) is 2.76. The number of amides is 1. The molecule has 4 nitrogen and oxygen atoms in total. The minimum atomic E-state index is -0.114. The molecule has 1 amide bonds. The summed E-state index contributed by atoms with van der Waals surface area (Å²) in [5.74, 6) is 1.60. The van der Waals surface area contributed by atoms with E-state index >= 15 is 0 Å². The van der Waals surface area contributed by atoms with Crippen molar-refractivity contribution in [1.29, 1.82) is 0 Å². The predicted octanol–water partition coefficient (Wildman–Crippen LogP) is 6.03. The number of carbonyl (C=O) groups excluding carboxylic acids is 1. The topological polar surface area (TPSA) is 51.2 Å². The molecular weight excluding hydrogens is 400 g/mol. The molecule has 0 radical (unpaired) electrons. The van der Waals surface area contributed by atoms with Gasteiger partial charge in [-0.15, -0.1) is 11.3 Å². The molecule has 0 aliphatic heterocycles. The molecule has 0 unspecified atom stereocenters. The number of hydrogen-bond acceptors (Lipinski definition) is 5. The highest BCUT2D eigenvalue weighted by atomic mass is 32.2. The molecule has 0 atom stereocenters. The minimum absolute atomic E-state index is 0.114. The number of carbonyl (C=O) groups is 1. The molecule has 0 saturated heterocycles. The summed E-state index contributed by atoms with van der Waals surface area (Å²) in [5.41, 5.74) is 3.58. The van der Waals surface area contributed by atoms with Gasteiger partial charge in [-0.25, -0.2) is 4.98 Å². The zero-order valence-corrected chi connectivity index (χ0v) is 17.6. The molecule has 3 aromatic carbocycles. The fourth-order valence-corrected chi connectivity index (χ4v) is 4.75. The lowest BCUT2D eigenvalue weighted by atomic mass is 10.2. The Hall–Kier alpha value is -2.83. The summed E-state index contributed by atoms with van der Waals surface area (Å²) >= 11 is 3.31. The van der Waals surface area contributed by atoms with Crippen LogP contribution in [-0.4, -0.2) is 23.3 Å². The molecule has 146 valence electrons. The Labute approximate surface area is 177 Å². The first-order valence-corrected chi connectivity index (χ1v) is 11.1. The second kappa shape index (κ2) is 9.11. The van der Waals surface area contributed by atoms with Crippen LogP contribution in [0.15, 0.2) is 77.1 Å². The Balaban J connectivity index is 1.34. The number of fused-ring (bicyclic) bond motifs is 1. The summed E-state index contributed by atoms with van der Waals surface area (Å²) in [7, 11) is 0. The maximum Gasteiger partial charge on any atom is 0.255 e. The van der Waals surface area contributed by atoms with Gasteiger partial charge in [-0.1, -0.05) is 47.7 Å². The second-order valence-corrected chi connectivity index (χ2v) is 8.87. The van der Waals surface area contributed by atoms with Crippen molar-refractivity contribution in [2.75, 3.05) is 17.7 Å². The normalized spacial score (nSPS) is 10.8. The van der Waals surface area contributed by atoms with Crippen molar-refractivity contribution in [2.24, 2.45) is 0 Å². The lowest BCUT2D eigenvalue weighted by Gasteiger charge is -2.05. The van der Waals surface area contributed by atoms with Crippen LogP contribution in [-0.2, 0) is 0 Å². The molecule has 29 heavy (non-hydrogen) atoms. The van der Waals surface area contributed by atoms with Crippen LogP contribution in [0.2, 0.25) is 0 Å². The Kier molecular flexibility index (Phi) is 6.12. The number of nitrogens with one attached hydrogen (secondary N) is 1. The van der Waals surface area contributed by atoms with Crippen molar-refractivity contribution >= 4 is 44.9 Å². The van der Waals surface area contributed by atoms with Crippen LogP contribution >= 0.6 is 23.1 Å². The highest BCUT2D eigenvalue weighted by molar-refractivity contribution is 8.01. The summed E-state index contributed by atoms with van der Waals surface area (Å²) in [5, 5.41) is 2.95. The standard InChI is InChI=1S/C23H20N2O2S2/c1-16-7-10-19(11-8-16)27-13-14-28-23-25-20-12-9-18(15-21(20)29-23)24-22(26)17-5-3-2-4-6-17/h2-12,15H,13-14H2,1H3,(H,24,26). The molecule has 0 saturated carbocycles. The number of aromatic nitrogens is 1. The van der Waals surface area contributed by atoms with Crippen LogP contribution in [0.1, 0.15) is 15.9 Å². The third-order valence-electron chi connectivity index (χ3n) is 4.26. The summed E-state index contributed by atoms with van der Waals surface area (Å²) in [6.07, 6.45) is 0. The molecule has 0 bridgehead atoms. The first kappa shape index (κ1) is 19.5. The van der Waals surface area contributed by atoms with Crippen LogP contribution in [0.25, 0.3) is 10.2 Å². The predicted molar refractivity (Wildman–Crippen MR) is 121 cm³/mol. The summed E-state index contributed by atoms with van der Waals surface area (Å²) in [4.78, 5) is 17.0. The molecule has 1 aromatic heterocycles. The maximum absolute atomic E-state index is 12.3. The van der Waals surface area contributed by atoms with Gasteiger partial charge in [-0.3, -0.25) is 4.79 Å². The van der Waals surface area contributed by atoms with E-state index < -0.39 is 0 Å². The van der Waals surface area contributed by atoms with Gasteiger partial charge in [0.2, 0.25) is 0 Å². The first-order chi connectivity index (χ1) is 14.2. The first-order valence-electron chi connectivity index (χ1n) is 9.27. The molecule has 0 spiro atoms. The number of anilines is 1. The van der Waals surface area contributed by atoms with Crippen molar-refractivity contribution in [2.45, 2.75) is 11.3 Å². The van der Waals surface area contributed by atoms with Gasteiger partial charge in [-0.05, 0) is 49.4 Å². The monoisotopic (exact) mass is 420 g/mol. The lowest BCUT2D eigenvalue weighted by Crippen LogP contribution is -2.11. The van der Waals surface area contributed by atoms with E-state index in [9.17, 15) is 4.79 Å². The maximum atomic E-state index is 12.3. The summed E-state index contributed by atoms with van der Waals surface area (Å²) < 4.78 is 7.82. The molecule has 0 fully saturated rings. The number of benzene rings is 3. The molecule has 1 N–H and O–H groups in total. The van der Waals surface area contributed by atoms with E-state index in [-0.39, 0.29) is 5.91 Å². The Bertz CT molecular complexity index is 1110. The Morgan fingerprint density at radius 1 is 1.07 bits per heavy atom. The summed E-state index contributed by atoms with van der Waals surface area (Å²) in [6.45, 7) is 2.69. The van der Waals surface area contributed by atoms with E-state index in [1.165, 1.54) is 5.56 Å². The van der Waals surface area contributed by atoms with Crippen molar-refractivity contribution in [3.05, 3.63) is 83.9 Å². The smallest absolute Gasteiger partial charge is 0.255 e. The van der Waals surface area contributed by atoms with E-state index in [2.05, 4.69) is 17.2 Å². The SMILES string of the molecule is Cc1ccc(OCCSc2nc3ccc(NC(=O)c4ccccc4)cc3s2)cc1. The molecule has 1 heterocycles. The molecule has 0 aliphatic rings. The van der Waals surface area contributed by atoms with E-state index in [0.717, 1.165) is 31.7 Å². The van der Waals surface area contributed by atoms with Gasteiger partial charge in [-0.2, -0.15) is 0 Å². The molecule has 6 heteroatoms. The highest BCUT2D eigenvalue weighted by Gasteiger charge is 2.09. The number of thioether (sulfide) groups is 1. The van der Waals surface area contributed by atoms with Crippen LogP contribution in [0.5, 0.6) is 5.75 Å². The van der Waals surface area contributed by atoms with Gasteiger partial charge in [0, 0.05) is 17.0 Å². The van der Waals surface area contributed by atoms with Gasteiger partial charge in [0.15, 0.2) is 4.34 Å². The third-order valence-corrected chi connectivity index (χ3v) is 6.39. The van der Waals surface area contributed by atoms with Crippen LogP contribution in [0, 0.1) is 6.92 Å². The van der Waals surface area contributed by atoms with Crippen molar-refractivity contribution < 1.29 is 9.53 Å². The quantitative estimate of drug-likeness (QED) is 0.293. The molecular formula is C23H20N2O2S2. The number of rotatable bonds is 7. The van der Waals surface area contributed by atoms with Crippen molar-refractivity contribution in [3.8, 4) is 5.75 Å². The number of thiazole rings is 1. The van der Waals surface area contributed by atoms with Crippen LogP contribution in [0.3, 0.4) is 0 Å². The molecule has 4 aromatic rings. The average molecular weight is 421 g/mol. The number of ether oxygens (including phenoxy) is 1. The molecule has 4 rings (SSSR count). The zero-order valence-electron chi connectivity index (χ0n) is 15.9. The van der Waals surface area contributed by atoms with E-state index in [0.29, 0.717) is 12.2 Å². The number of nitrogens with zero attached hydrogens (tertiary/aromatic N) is 1. The fraction of sp³-hybridized carbons (Fsp3) is 0.130. The number of aryl methyl sites for hydroxylation is 1. The van der Waals surface area contributed by atoms with E-state index in [4.69, 9.17) is 4.74 Å². The lowest BCUT2D eigenvalue weighted by molar-refractivity contribution is 0.102. The van der Waals surface area contributed by atoms with Crippen LogP contribution < -0.4 is 10.1 Å². The molecule has 0 aliphatic carbocycles. The van der Waals surface area contributed by atoms with Gasteiger partial charge in [0.25, 0.3) is 5.91 Å². The van der Waals surface area contributed by atoms with Crippen molar-refractivity contribution in [1.82, 2.24) is 4.98 Å². The second-order valence-electron chi connectivity index (χ2n) is 6.49. The zero-order chi connectivity index (χ0) is 20.1.